The third-order valence-corrected chi connectivity index (χ3v) is 3.85. The molecule has 0 radical (unpaired) electrons. The minimum absolute atomic E-state index is 0.600. The zero-order valence-electron chi connectivity index (χ0n) is 8.58. The summed E-state index contributed by atoms with van der Waals surface area (Å²) in [5, 5.41) is 3.35. The highest BCUT2D eigenvalue weighted by Crippen LogP contribution is 2.01. The molecule has 0 aliphatic carbocycles. The topological polar surface area (TPSA) is 32.3 Å². The van der Waals surface area contributed by atoms with Gasteiger partial charge < -0.3 is 5.32 Å². The Labute approximate surface area is 83.3 Å². The zero-order chi connectivity index (χ0) is 9.68. The van der Waals surface area contributed by atoms with E-state index in [0.717, 1.165) is 37.7 Å². The lowest BCUT2D eigenvalue weighted by Gasteiger charge is -2.33. The van der Waals surface area contributed by atoms with Crippen LogP contribution in [0.1, 0.15) is 13.8 Å². The van der Waals surface area contributed by atoms with Crippen LogP contribution in [-0.2, 0) is 10.8 Å². The Morgan fingerprint density at radius 2 is 2.38 bits per heavy atom. The fraction of sp³-hybridized carbons (Fsp3) is 1.00. The predicted octanol–water partition coefficient (Wildman–Crippen LogP) is 0.0487. The maximum Gasteiger partial charge on any atom is 0.0362 e. The van der Waals surface area contributed by atoms with E-state index in [9.17, 15) is 4.21 Å². The molecule has 0 saturated carbocycles. The van der Waals surface area contributed by atoms with Crippen LogP contribution in [-0.4, -0.2) is 52.8 Å². The van der Waals surface area contributed by atoms with Crippen molar-refractivity contribution in [3.63, 3.8) is 0 Å². The summed E-state index contributed by atoms with van der Waals surface area (Å²) in [7, 11) is -0.606. The van der Waals surface area contributed by atoms with Crippen molar-refractivity contribution in [3.8, 4) is 0 Å². The molecule has 13 heavy (non-hydrogen) atoms. The van der Waals surface area contributed by atoms with Gasteiger partial charge in [0.2, 0.25) is 0 Å². The van der Waals surface area contributed by atoms with E-state index in [1.807, 2.05) is 6.92 Å². The van der Waals surface area contributed by atoms with Crippen LogP contribution in [0.15, 0.2) is 0 Å². The quantitative estimate of drug-likeness (QED) is 0.702. The van der Waals surface area contributed by atoms with Gasteiger partial charge in [0.25, 0.3) is 0 Å². The molecule has 1 aliphatic rings. The maximum absolute atomic E-state index is 11.2. The molecule has 1 N–H and O–H groups in total. The molecule has 0 bridgehead atoms. The maximum atomic E-state index is 11.2. The van der Waals surface area contributed by atoms with E-state index >= 15 is 0 Å². The van der Waals surface area contributed by atoms with E-state index in [1.165, 1.54) is 0 Å². The number of nitrogens with one attached hydrogen (secondary N) is 1. The van der Waals surface area contributed by atoms with Gasteiger partial charge in [0.15, 0.2) is 0 Å². The molecule has 1 heterocycles. The van der Waals surface area contributed by atoms with Crippen LogP contribution in [0.3, 0.4) is 0 Å². The molecular weight excluding hydrogens is 184 g/mol. The average molecular weight is 204 g/mol. The standard InChI is InChI=1S/C9H20N2OS/c1-3-13(12)7-6-11-5-4-10-8-9(11)2/h9-10H,3-8H2,1-2H3. The molecule has 4 heteroatoms. The van der Waals surface area contributed by atoms with Crippen LogP contribution in [0, 0.1) is 0 Å². The molecule has 1 fully saturated rings. The van der Waals surface area contributed by atoms with Crippen LogP contribution >= 0.6 is 0 Å². The summed E-state index contributed by atoms with van der Waals surface area (Å²) < 4.78 is 11.2. The molecule has 0 aromatic rings. The highest BCUT2D eigenvalue weighted by Gasteiger charge is 2.17. The lowest BCUT2D eigenvalue weighted by molar-refractivity contribution is 0.184. The molecule has 3 nitrogen and oxygen atoms in total. The summed E-state index contributed by atoms with van der Waals surface area (Å²) in [4.78, 5) is 2.42. The second-order valence-corrected chi connectivity index (χ2v) is 5.39. The molecule has 0 aromatic carbocycles. The first-order valence-corrected chi connectivity index (χ1v) is 6.52. The van der Waals surface area contributed by atoms with Gasteiger partial charge in [-0.25, -0.2) is 0 Å². The highest BCUT2D eigenvalue weighted by molar-refractivity contribution is 7.84. The van der Waals surface area contributed by atoms with E-state index in [1.54, 1.807) is 0 Å². The zero-order valence-corrected chi connectivity index (χ0v) is 9.40. The van der Waals surface area contributed by atoms with Gasteiger partial charge in [0.05, 0.1) is 0 Å². The van der Waals surface area contributed by atoms with Gasteiger partial charge in [-0.2, -0.15) is 0 Å². The molecule has 0 aromatic heterocycles. The van der Waals surface area contributed by atoms with Crippen molar-refractivity contribution in [3.05, 3.63) is 0 Å². The molecule has 1 aliphatic heterocycles. The number of nitrogens with zero attached hydrogens (tertiary/aromatic N) is 1. The Hall–Kier alpha value is 0.0700. The fourth-order valence-electron chi connectivity index (χ4n) is 1.58. The normalized spacial score (nSPS) is 27.4. The van der Waals surface area contributed by atoms with E-state index in [2.05, 4.69) is 17.1 Å². The Morgan fingerprint density at radius 1 is 1.62 bits per heavy atom. The van der Waals surface area contributed by atoms with Crippen molar-refractivity contribution in [2.75, 3.05) is 37.7 Å². The number of hydrogen-bond donors (Lipinski definition) is 1. The molecule has 0 spiro atoms. The van der Waals surface area contributed by atoms with Crippen molar-refractivity contribution in [1.29, 1.82) is 0 Å². The predicted molar refractivity (Wildman–Crippen MR) is 57.5 cm³/mol. The van der Waals surface area contributed by atoms with Gasteiger partial charge in [-0.15, -0.1) is 0 Å². The summed E-state index contributed by atoms with van der Waals surface area (Å²) in [5.41, 5.74) is 0. The van der Waals surface area contributed by atoms with Gasteiger partial charge in [-0.3, -0.25) is 9.11 Å². The van der Waals surface area contributed by atoms with Crippen molar-refractivity contribution in [2.24, 2.45) is 0 Å². The molecule has 2 atom stereocenters. The van der Waals surface area contributed by atoms with E-state index in [-0.39, 0.29) is 0 Å². The van der Waals surface area contributed by atoms with Gasteiger partial charge in [0, 0.05) is 54.5 Å². The third-order valence-electron chi connectivity index (χ3n) is 2.57. The summed E-state index contributed by atoms with van der Waals surface area (Å²) >= 11 is 0. The third kappa shape index (κ3) is 3.75. The van der Waals surface area contributed by atoms with Crippen molar-refractivity contribution in [1.82, 2.24) is 10.2 Å². The van der Waals surface area contributed by atoms with Crippen LogP contribution < -0.4 is 5.32 Å². The molecule has 78 valence electrons. The first-order valence-electron chi connectivity index (χ1n) is 5.03. The number of hydrogen-bond acceptors (Lipinski definition) is 3. The lowest BCUT2D eigenvalue weighted by Crippen LogP contribution is -2.50. The Balaban J connectivity index is 2.22. The van der Waals surface area contributed by atoms with E-state index in [0.29, 0.717) is 6.04 Å². The fourth-order valence-corrected chi connectivity index (χ4v) is 2.31. The van der Waals surface area contributed by atoms with Crippen molar-refractivity contribution >= 4 is 10.8 Å². The second kappa shape index (κ2) is 5.73. The first-order chi connectivity index (χ1) is 6.24. The summed E-state index contributed by atoms with van der Waals surface area (Å²) in [6, 6.07) is 0.600. The Bertz CT molecular complexity index is 175. The van der Waals surface area contributed by atoms with Gasteiger partial charge in [-0.1, -0.05) is 6.92 Å². The minimum Gasteiger partial charge on any atom is -0.314 e. The summed E-state index contributed by atoms with van der Waals surface area (Å²) in [6.07, 6.45) is 0. The minimum atomic E-state index is -0.606. The van der Waals surface area contributed by atoms with Crippen LogP contribution in [0.25, 0.3) is 0 Å². The van der Waals surface area contributed by atoms with Crippen LogP contribution in [0.4, 0.5) is 0 Å². The number of piperazine rings is 1. The second-order valence-electron chi connectivity index (χ2n) is 3.52. The first kappa shape index (κ1) is 11.1. The van der Waals surface area contributed by atoms with Crippen LogP contribution in [0.2, 0.25) is 0 Å². The Morgan fingerprint density at radius 3 is 3.00 bits per heavy atom. The lowest BCUT2D eigenvalue weighted by atomic mass is 10.2. The van der Waals surface area contributed by atoms with Crippen molar-refractivity contribution < 1.29 is 4.21 Å². The van der Waals surface area contributed by atoms with Gasteiger partial charge in [-0.05, 0) is 6.92 Å². The average Bonchev–Trinajstić information content (AvgIpc) is 2.16. The summed E-state index contributed by atoms with van der Waals surface area (Å²) in [6.45, 7) is 8.44. The molecule has 1 rings (SSSR count). The van der Waals surface area contributed by atoms with Crippen LogP contribution in [0.5, 0.6) is 0 Å². The molecular formula is C9H20N2OS. The van der Waals surface area contributed by atoms with Gasteiger partial charge >= 0.3 is 0 Å². The van der Waals surface area contributed by atoms with E-state index < -0.39 is 10.8 Å². The SMILES string of the molecule is CCS(=O)CCN1CCNCC1C. The smallest absolute Gasteiger partial charge is 0.0362 e. The monoisotopic (exact) mass is 204 g/mol. The molecule has 2 unspecified atom stereocenters. The molecule has 1 saturated heterocycles. The number of rotatable bonds is 4. The Kier molecular flexibility index (Phi) is 4.91. The largest absolute Gasteiger partial charge is 0.314 e. The summed E-state index contributed by atoms with van der Waals surface area (Å²) in [5.74, 6) is 1.63. The van der Waals surface area contributed by atoms with Gasteiger partial charge in [0.1, 0.15) is 0 Å². The molecule has 0 amide bonds. The van der Waals surface area contributed by atoms with E-state index in [4.69, 9.17) is 0 Å². The highest BCUT2D eigenvalue weighted by atomic mass is 32.2. The van der Waals surface area contributed by atoms with Crippen molar-refractivity contribution in [2.45, 2.75) is 19.9 Å².